The summed E-state index contributed by atoms with van der Waals surface area (Å²) >= 11 is 0. The van der Waals surface area contributed by atoms with Crippen molar-refractivity contribution in [2.45, 2.75) is 33.2 Å². The minimum absolute atomic E-state index is 0.659. The highest BCUT2D eigenvalue weighted by Gasteiger charge is 2.11. The van der Waals surface area contributed by atoms with Gasteiger partial charge in [-0.15, -0.1) is 5.10 Å². The van der Waals surface area contributed by atoms with Crippen LogP contribution in [0.25, 0.3) is 28.2 Å². The second kappa shape index (κ2) is 8.58. The summed E-state index contributed by atoms with van der Waals surface area (Å²) in [6.07, 6.45) is 3.60. The van der Waals surface area contributed by atoms with Crippen LogP contribution in [-0.4, -0.2) is 35.0 Å². The van der Waals surface area contributed by atoms with Crippen LogP contribution in [0, 0.1) is 0 Å². The maximum atomic E-state index is 4.76. The topological polar surface area (TPSA) is 96.7 Å². The van der Waals surface area contributed by atoms with Crippen molar-refractivity contribution in [3.05, 3.63) is 77.9 Å². The van der Waals surface area contributed by atoms with E-state index >= 15 is 0 Å². The molecule has 2 N–H and O–H groups in total. The molecule has 0 radical (unpaired) electrons. The molecule has 5 rings (SSSR count). The first-order valence-electron chi connectivity index (χ1n) is 10.8. The number of aromatic amines is 1. The number of hydrogen-bond acceptors (Lipinski definition) is 6. The summed E-state index contributed by atoms with van der Waals surface area (Å²) in [7, 11) is 0. The zero-order chi connectivity index (χ0) is 21.9. The first-order valence-corrected chi connectivity index (χ1v) is 10.8. The van der Waals surface area contributed by atoms with Crippen molar-refractivity contribution in [2.24, 2.45) is 0 Å². The highest BCUT2D eigenvalue weighted by molar-refractivity contribution is 5.80. The van der Waals surface area contributed by atoms with Crippen LogP contribution in [0.3, 0.4) is 0 Å². The molecule has 5 aromatic rings. The Balaban J connectivity index is 1.39. The standard InChI is InChI=1S/C24H24N8/c1-3-18-13-22(32-15-26-21(4-2)24(32)27-18)25-14-16-9-11-17(12-10-16)19-7-5-6-8-20(19)23-28-30-31-29-23/h5-13,15,25H,3-4,14H2,1-2H3,(H,28,29,30,31). The SMILES string of the molecule is CCc1cc(NCc2ccc(-c3ccccc3-c3nnn[nH]3)cc2)n2cnc(CC)c2n1. The van der Waals surface area contributed by atoms with Gasteiger partial charge in [-0.3, -0.25) is 4.40 Å². The average molecular weight is 425 g/mol. The smallest absolute Gasteiger partial charge is 0.180 e. The van der Waals surface area contributed by atoms with E-state index in [1.54, 1.807) is 0 Å². The van der Waals surface area contributed by atoms with E-state index in [-0.39, 0.29) is 0 Å². The highest BCUT2D eigenvalue weighted by atomic mass is 15.5. The summed E-state index contributed by atoms with van der Waals surface area (Å²) in [5.41, 5.74) is 7.37. The first kappa shape index (κ1) is 19.9. The van der Waals surface area contributed by atoms with Crippen LogP contribution in [0.15, 0.2) is 60.9 Å². The minimum Gasteiger partial charge on any atom is -0.367 e. The second-order valence-electron chi connectivity index (χ2n) is 7.57. The van der Waals surface area contributed by atoms with Gasteiger partial charge in [-0.1, -0.05) is 62.4 Å². The molecule has 0 aliphatic rings. The van der Waals surface area contributed by atoms with Gasteiger partial charge >= 0.3 is 0 Å². The van der Waals surface area contributed by atoms with Crippen molar-refractivity contribution in [3.8, 4) is 22.5 Å². The number of anilines is 1. The molecule has 160 valence electrons. The zero-order valence-corrected chi connectivity index (χ0v) is 18.1. The molecule has 0 atom stereocenters. The Bertz CT molecular complexity index is 1340. The maximum absolute atomic E-state index is 4.76. The van der Waals surface area contributed by atoms with Crippen LogP contribution in [0.4, 0.5) is 5.82 Å². The number of imidazole rings is 1. The Hall–Kier alpha value is -4.07. The van der Waals surface area contributed by atoms with Gasteiger partial charge in [0.15, 0.2) is 11.5 Å². The zero-order valence-electron chi connectivity index (χ0n) is 18.1. The predicted octanol–water partition coefficient (Wildman–Crippen LogP) is 4.31. The lowest BCUT2D eigenvalue weighted by molar-refractivity contribution is 0.881. The van der Waals surface area contributed by atoms with Crippen molar-refractivity contribution in [1.29, 1.82) is 0 Å². The van der Waals surface area contributed by atoms with E-state index in [0.717, 1.165) is 52.4 Å². The van der Waals surface area contributed by atoms with Crippen LogP contribution >= 0.6 is 0 Å². The third kappa shape index (κ3) is 3.71. The number of H-pyrrole nitrogens is 1. The molecule has 0 spiro atoms. The van der Waals surface area contributed by atoms with Gasteiger partial charge in [-0.25, -0.2) is 15.1 Å². The molecule has 3 heterocycles. The van der Waals surface area contributed by atoms with Gasteiger partial charge < -0.3 is 5.32 Å². The number of benzene rings is 2. The van der Waals surface area contributed by atoms with Crippen LogP contribution in [0.2, 0.25) is 0 Å². The molecular weight excluding hydrogens is 400 g/mol. The van der Waals surface area contributed by atoms with Crippen LogP contribution in [-0.2, 0) is 19.4 Å². The predicted molar refractivity (Wildman–Crippen MR) is 124 cm³/mol. The fourth-order valence-electron chi connectivity index (χ4n) is 3.85. The van der Waals surface area contributed by atoms with Gasteiger partial charge in [0.05, 0.1) is 5.69 Å². The van der Waals surface area contributed by atoms with Gasteiger partial charge in [0, 0.05) is 23.9 Å². The Kier molecular flexibility index (Phi) is 5.33. The van der Waals surface area contributed by atoms with Gasteiger partial charge in [0.25, 0.3) is 0 Å². The lowest BCUT2D eigenvalue weighted by Gasteiger charge is -2.12. The summed E-state index contributed by atoms with van der Waals surface area (Å²) in [4.78, 5) is 9.28. The lowest BCUT2D eigenvalue weighted by atomic mass is 9.98. The van der Waals surface area contributed by atoms with Gasteiger partial charge in [0.1, 0.15) is 12.1 Å². The third-order valence-corrected chi connectivity index (χ3v) is 5.59. The van der Waals surface area contributed by atoms with E-state index in [1.165, 1.54) is 5.56 Å². The van der Waals surface area contributed by atoms with Crippen molar-refractivity contribution in [3.63, 3.8) is 0 Å². The molecule has 0 aliphatic heterocycles. The quantitative estimate of drug-likeness (QED) is 0.404. The van der Waals surface area contributed by atoms with E-state index in [4.69, 9.17) is 4.98 Å². The van der Waals surface area contributed by atoms with Crippen molar-refractivity contribution >= 4 is 11.5 Å². The van der Waals surface area contributed by atoms with Crippen LogP contribution in [0.5, 0.6) is 0 Å². The number of nitrogens with one attached hydrogen (secondary N) is 2. The number of fused-ring (bicyclic) bond motifs is 1. The molecule has 2 aromatic carbocycles. The van der Waals surface area contributed by atoms with Crippen molar-refractivity contribution < 1.29 is 0 Å². The summed E-state index contributed by atoms with van der Waals surface area (Å²) in [6, 6.07) is 18.7. The Labute approximate surface area is 185 Å². The Morgan fingerprint density at radius 1 is 0.969 bits per heavy atom. The molecule has 8 nitrogen and oxygen atoms in total. The van der Waals surface area contributed by atoms with Gasteiger partial charge in [-0.05, 0) is 40.0 Å². The monoisotopic (exact) mass is 424 g/mol. The van der Waals surface area contributed by atoms with Crippen molar-refractivity contribution in [1.82, 2.24) is 35.0 Å². The normalized spacial score (nSPS) is 11.2. The molecular formula is C24H24N8. The van der Waals surface area contributed by atoms with Crippen molar-refractivity contribution in [2.75, 3.05) is 5.32 Å². The number of hydrogen-bond donors (Lipinski definition) is 2. The summed E-state index contributed by atoms with van der Waals surface area (Å²) < 4.78 is 2.04. The Morgan fingerprint density at radius 3 is 2.50 bits per heavy atom. The molecule has 0 fully saturated rings. The summed E-state index contributed by atoms with van der Waals surface area (Å²) in [5.74, 6) is 1.66. The number of nitrogens with zero attached hydrogens (tertiary/aromatic N) is 6. The molecule has 0 saturated carbocycles. The van der Waals surface area contributed by atoms with E-state index < -0.39 is 0 Å². The van der Waals surface area contributed by atoms with E-state index in [2.05, 4.69) is 81.2 Å². The molecule has 3 aromatic heterocycles. The largest absolute Gasteiger partial charge is 0.367 e. The molecule has 8 heteroatoms. The summed E-state index contributed by atoms with van der Waals surface area (Å²) in [5, 5.41) is 17.9. The molecule has 0 amide bonds. The van der Waals surface area contributed by atoms with E-state index in [0.29, 0.717) is 12.4 Å². The third-order valence-electron chi connectivity index (χ3n) is 5.59. The lowest BCUT2D eigenvalue weighted by Crippen LogP contribution is -2.06. The second-order valence-corrected chi connectivity index (χ2v) is 7.57. The molecule has 0 saturated heterocycles. The fraction of sp³-hybridized carbons (Fsp3) is 0.208. The van der Waals surface area contributed by atoms with Crippen LogP contribution in [0.1, 0.15) is 30.8 Å². The van der Waals surface area contributed by atoms with Gasteiger partial charge in [-0.2, -0.15) is 0 Å². The minimum atomic E-state index is 0.659. The van der Waals surface area contributed by atoms with E-state index in [9.17, 15) is 0 Å². The number of aryl methyl sites for hydroxylation is 2. The van der Waals surface area contributed by atoms with Gasteiger partial charge in [0.2, 0.25) is 0 Å². The molecule has 0 bridgehead atoms. The number of rotatable bonds is 7. The maximum Gasteiger partial charge on any atom is 0.180 e. The average Bonchev–Trinajstić information content (AvgIpc) is 3.53. The highest BCUT2D eigenvalue weighted by Crippen LogP contribution is 2.29. The molecule has 0 aliphatic carbocycles. The Morgan fingerprint density at radius 2 is 1.78 bits per heavy atom. The number of tetrazole rings is 1. The first-order chi connectivity index (χ1) is 15.8. The number of aromatic nitrogens is 7. The van der Waals surface area contributed by atoms with Crippen LogP contribution < -0.4 is 5.32 Å². The fourth-order valence-corrected chi connectivity index (χ4v) is 3.85. The molecule has 0 unspecified atom stereocenters. The molecule has 32 heavy (non-hydrogen) atoms. The summed E-state index contributed by atoms with van der Waals surface area (Å²) in [6.45, 7) is 4.93. The van der Waals surface area contributed by atoms with E-state index in [1.807, 2.05) is 28.9 Å².